The molecule has 1 aromatic heterocycles. The molecule has 7 nitrogen and oxygen atoms in total. The number of carbonyl (C=O) groups excluding carboxylic acids is 1. The quantitative estimate of drug-likeness (QED) is 0.415. The van der Waals surface area contributed by atoms with Crippen molar-refractivity contribution in [1.82, 2.24) is 10.2 Å². The minimum Gasteiger partial charge on any atom is -0.497 e. The molecule has 0 aliphatic heterocycles. The number of aromatic nitrogens is 2. The minimum absolute atomic E-state index is 0.297. The third kappa shape index (κ3) is 4.89. The predicted molar refractivity (Wildman–Crippen MR) is 122 cm³/mol. The van der Waals surface area contributed by atoms with E-state index >= 15 is 0 Å². The molecule has 0 saturated heterocycles. The summed E-state index contributed by atoms with van der Waals surface area (Å²) >= 11 is 0. The maximum Gasteiger partial charge on any atom is 0.273 e. The van der Waals surface area contributed by atoms with E-state index in [1.165, 1.54) is 0 Å². The number of carbonyl (C=O) groups is 1. The van der Waals surface area contributed by atoms with Crippen molar-refractivity contribution in [1.29, 1.82) is 0 Å². The molecule has 1 amide bonds. The zero-order valence-corrected chi connectivity index (χ0v) is 17.8. The average Bonchev–Trinajstić information content (AvgIpc) is 3.34. The first-order chi connectivity index (χ1) is 15.7. The summed E-state index contributed by atoms with van der Waals surface area (Å²) in [5.41, 5.74) is 3.43. The zero-order valence-electron chi connectivity index (χ0n) is 17.8. The number of ether oxygens (including phenoxy) is 3. The molecule has 162 valence electrons. The molecule has 0 unspecified atom stereocenters. The van der Waals surface area contributed by atoms with Crippen LogP contribution in [-0.2, 0) is 6.61 Å². The van der Waals surface area contributed by atoms with Crippen LogP contribution in [0.3, 0.4) is 0 Å². The SMILES string of the molecule is COc1ccc(-c2cc(C(=O)Nc3ccc(OCc4ccccc4)cc3)[nH]n2)c(OC)c1. The summed E-state index contributed by atoms with van der Waals surface area (Å²) in [5.74, 6) is 1.71. The highest BCUT2D eigenvalue weighted by atomic mass is 16.5. The van der Waals surface area contributed by atoms with Crippen LogP contribution < -0.4 is 19.5 Å². The summed E-state index contributed by atoms with van der Waals surface area (Å²) < 4.78 is 16.4. The standard InChI is InChI=1S/C25H23N3O4/c1-30-20-12-13-21(24(14-20)31-2)22-15-23(28-27-22)25(29)26-18-8-10-19(11-9-18)32-16-17-6-4-3-5-7-17/h3-15H,16H2,1-2H3,(H,26,29)(H,27,28). The second kappa shape index (κ2) is 9.70. The summed E-state index contributed by atoms with van der Waals surface area (Å²) in [6.07, 6.45) is 0. The second-order valence-electron chi connectivity index (χ2n) is 6.99. The zero-order chi connectivity index (χ0) is 22.3. The third-order valence-corrected chi connectivity index (χ3v) is 4.87. The Labute approximate surface area is 186 Å². The number of H-pyrrole nitrogens is 1. The molecule has 3 aromatic carbocycles. The van der Waals surface area contributed by atoms with Gasteiger partial charge in [0.05, 0.1) is 19.9 Å². The van der Waals surface area contributed by atoms with Gasteiger partial charge in [0.2, 0.25) is 0 Å². The van der Waals surface area contributed by atoms with E-state index in [0.717, 1.165) is 16.9 Å². The average molecular weight is 429 g/mol. The van der Waals surface area contributed by atoms with E-state index in [1.54, 1.807) is 38.5 Å². The molecule has 0 bridgehead atoms. The Hall–Kier alpha value is -4.26. The maximum absolute atomic E-state index is 12.6. The van der Waals surface area contributed by atoms with Crippen LogP contribution in [0.1, 0.15) is 16.1 Å². The Morgan fingerprint density at radius 1 is 0.906 bits per heavy atom. The molecule has 0 aliphatic rings. The highest BCUT2D eigenvalue weighted by Crippen LogP contribution is 2.32. The van der Waals surface area contributed by atoms with Crippen LogP contribution in [0.4, 0.5) is 5.69 Å². The van der Waals surface area contributed by atoms with Crippen LogP contribution in [0, 0.1) is 0 Å². The van der Waals surface area contributed by atoms with E-state index in [9.17, 15) is 4.79 Å². The largest absolute Gasteiger partial charge is 0.497 e. The Morgan fingerprint density at radius 3 is 2.38 bits per heavy atom. The summed E-state index contributed by atoms with van der Waals surface area (Å²) in [5, 5.41) is 9.89. The first-order valence-corrected chi connectivity index (χ1v) is 10.0. The van der Waals surface area contributed by atoms with Crippen LogP contribution in [0.2, 0.25) is 0 Å². The number of rotatable bonds is 8. The van der Waals surface area contributed by atoms with E-state index in [2.05, 4.69) is 15.5 Å². The number of aromatic amines is 1. The minimum atomic E-state index is -0.297. The number of nitrogens with zero attached hydrogens (tertiary/aromatic N) is 1. The lowest BCUT2D eigenvalue weighted by atomic mass is 10.1. The number of nitrogens with one attached hydrogen (secondary N) is 2. The predicted octanol–water partition coefficient (Wildman–Crippen LogP) is 4.93. The van der Waals surface area contributed by atoms with E-state index < -0.39 is 0 Å². The highest BCUT2D eigenvalue weighted by Gasteiger charge is 2.15. The molecule has 32 heavy (non-hydrogen) atoms. The molecule has 0 saturated carbocycles. The van der Waals surface area contributed by atoms with Gasteiger partial charge in [-0.25, -0.2) is 0 Å². The van der Waals surface area contributed by atoms with Gasteiger partial charge in [0.15, 0.2) is 0 Å². The first-order valence-electron chi connectivity index (χ1n) is 10.0. The lowest BCUT2D eigenvalue weighted by molar-refractivity contribution is 0.102. The summed E-state index contributed by atoms with van der Waals surface area (Å²) in [6, 6.07) is 24.3. The van der Waals surface area contributed by atoms with Crippen molar-refractivity contribution in [3.05, 3.63) is 90.1 Å². The van der Waals surface area contributed by atoms with Crippen molar-refractivity contribution < 1.29 is 19.0 Å². The van der Waals surface area contributed by atoms with Gasteiger partial charge >= 0.3 is 0 Å². The number of hydrogen-bond donors (Lipinski definition) is 2. The molecule has 7 heteroatoms. The van der Waals surface area contributed by atoms with Crippen LogP contribution in [0.25, 0.3) is 11.3 Å². The Bertz CT molecular complexity index is 1190. The number of anilines is 1. The van der Waals surface area contributed by atoms with Crippen molar-refractivity contribution in [2.24, 2.45) is 0 Å². The molecule has 0 atom stereocenters. The fraction of sp³-hybridized carbons (Fsp3) is 0.120. The fourth-order valence-electron chi connectivity index (χ4n) is 3.16. The fourth-order valence-corrected chi connectivity index (χ4v) is 3.16. The molecule has 0 radical (unpaired) electrons. The second-order valence-corrected chi connectivity index (χ2v) is 6.99. The normalized spacial score (nSPS) is 10.4. The van der Waals surface area contributed by atoms with Crippen molar-refractivity contribution in [2.75, 3.05) is 19.5 Å². The number of benzene rings is 3. The molecule has 2 N–H and O–H groups in total. The summed E-state index contributed by atoms with van der Waals surface area (Å²) in [7, 11) is 3.17. The summed E-state index contributed by atoms with van der Waals surface area (Å²) in [4.78, 5) is 12.6. The van der Waals surface area contributed by atoms with Crippen molar-refractivity contribution >= 4 is 11.6 Å². The molecule has 0 aliphatic carbocycles. The van der Waals surface area contributed by atoms with E-state index in [1.807, 2.05) is 54.6 Å². The van der Waals surface area contributed by atoms with Crippen LogP contribution in [0.15, 0.2) is 78.9 Å². The topological polar surface area (TPSA) is 85.5 Å². The number of hydrogen-bond acceptors (Lipinski definition) is 5. The van der Waals surface area contributed by atoms with E-state index in [0.29, 0.717) is 35.2 Å². The molecule has 0 spiro atoms. The van der Waals surface area contributed by atoms with Crippen LogP contribution >= 0.6 is 0 Å². The van der Waals surface area contributed by atoms with Crippen molar-refractivity contribution in [3.63, 3.8) is 0 Å². The van der Waals surface area contributed by atoms with E-state index in [-0.39, 0.29) is 5.91 Å². The van der Waals surface area contributed by atoms with Crippen LogP contribution in [-0.4, -0.2) is 30.3 Å². The highest BCUT2D eigenvalue weighted by molar-refractivity contribution is 6.03. The van der Waals surface area contributed by atoms with Crippen LogP contribution in [0.5, 0.6) is 17.2 Å². The first kappa shape index (κ1) is 21.0. The van der Waals surface area contributed by atoms with Gasteiger partial charge in [-0.1, -0.05) is 30.3 Å². The monoisotopic (exact) mass is 429 g/mol. The number of amides is 1. The van der Waals surface area contributed by atoms with Crippen molar-refractivity contribution in [3.8, 4) is 28.5 Å². The van der Waals surface area contributed by atoms with E-state index in [4.69, 9.17) is 14.2 Å². The van der Waals surface area contributed by atoms with Gasteiger partial charge in [0.1, 0.15) is 29.5 Å². The molecule has 4 rings (SSSR count). The Balaban J connectivity index is 1.40. The summed E-state index contributed by atoms with van der Waals surface area (Å²) in [6.45, 7) is 0.484. The Kier molecular flexibility index (Phi) is 6.36. The molecule has 0 fully saturated rings. The lowest BCUT2D eigenvalue weighted by Gasteiger charge is -2.08. The van der Waals surface area contributed by atoms with Gasteiger partial charge in [-0.15, -0.1) is 0 Å². The van der Waals surface area contributed by atoms with Gasteiger partial charge in [-0.2, -0.15) is 5.10 Å². The Morgan fingerprint density at radius 2 is 1.66 bits per heavy atom. The smallest absolute Gasteiger partial charge is 0.273 e. The molecular formula is C25H23N3O4. The van der Waals surface area contributed by atoms with Gasteiger partial charge < -0.3 is 19.5 Å². The van der Waals surface area contributed by atoms with Gasteiger partial charge in [0.25, 0.3) is 5.91 Å². The third-order valence-electron chi connectivity index (χ3n) is 4.87. The maximum atomic E-state index is 12.6. The van der Waals surface area contributed by atoms with Crippen molar-refractivity contribution in [2.45, 2.75) is 6.61 Å². The van der Waals surface area contributed by atoms with Gasteiger partial charge in [0, 0.05) is 17.3 Å². The van der Waals surface area contributed by atoms with Gasteiger partial charge in [-0.05, 0) is 48.0 Å². The molecule has 4 aromatic rings. The number of methoxy groups -OCH3 is 2. The lowest BCUT2D eigenvalue weighted by Crippen LogP contribution is -2.12. The molecule has 1 heterocycles. The molecular weight excluding hydrogens is 406 g/mol. The van der Waals surface area contributed by atoms with Gasteiger partial charge in [-0.3, -0.25) is 9.89 Å².